The zero-order valence-corrected chi connectivity index (χ0v) is 13.6. The van der Waals surface area contributed by atoms with E-state index >= 15 is 0 Å². The third-order valence-corrected chi connectivity index (χ3v) is 4.61. The summed E-state index contributed by atoms with van der Waals surface area (Å²) < 4.78 is 6.05. The van der Waals surface area contributed by atoms with Gasteiger partial charge in [-0.05, 0) is 57.0 Å². The van der Waals surface area contributed by atoms with Gasteiger partial charge in [-0.1, -0.05) is 11.6 Å². The number of hydrogen-bond donors (Lipinski definition) is 2. The smallest absolute Gasteiger partial charge is 0.414 e. The number of fused-ring (bicyclic) bond motifs is 2. The van der Waals surface area contributed by atoms with Crippen LogP contribution in [-0.4, -0.2) is 52.3 Å². The molecule has 0 amide bonds. The number of rotatable bonds is 2. The van der Waals surface area contributed by atoms with Crippen molar-refractivity contribution in [3.05, 3.63) is 29.3 Å². The molecule has 2 aliphatic heterocycles. The van der Waals surface area contributed by atoms with Crippen LogP contribution in [0.4, 0.5) is 0 Å². The van der Waals surface area contributed by atoms with Crippen LogP contribution in [0.25, 0.3) is 0 Å². The molecule has 1 aromatic carbocycles. The van der Waals surface area contributed by atoms with E-state index < -0.39 is 11.9 Å². The number of hydrogen-bond acceptors (Lipinski definition) is 4. The number of carboxylic acid groups (broad SMARTS) is 2. The standard InChI is InChI=1S/C14H18ClNO.C2H2O4/c1-16-11-4-5-12(16)9-14(8-11)17-13-6-2-10(15)3-7-13;3-1(4)2(5)6/h2-3,6-7,11-12,14H,4-5,8-9H2,1H3;(H,3,4)(H,5,6)/t11-,12+,14-;. The summed E-state index contributed by atoms with van der Waals surface area (Å²) in [4.78, 5) is 20.7. The average Bonchev–Trinajstić information content (AvgIpc) is 2.73. The van der Waals surface area contributed by atoms with Crippen molar-refractivity contribution in [2.24, 2.45) is 0 Å². The molecule has 23 heavy (non-hydrogen) atoms. The van der Waals surface area contributed by atoms with Gasteiger partial charge < -0.3 is 19.8 Å². The molecule has 2 heterocycles. The van der Waals surface area contributed by atoms with Gasteiger partial charge in [-0.2, -0.15) is 0 Å². The van der Waals surface area contributed by atoms with Gasteiger partial charge >= 0.3 is 11.9 Å². The summed E-state index contributed by atoms with van der Waals surface area (Å²) >= 11 is 5.87. The van der Waals surface area contributed by atoms with Gasteiger partial charge in [0.05, 0.1) is 0 Å². The van der Waals surface area contributed by atoms with Crippen LogP contribution in [0.5, 0.6) is 5.75 Å². The van der Waals surface area contributed by atoms with Crippen molar-refractivity contribution in [3.8, 4) is 5.75 Å². The highest BCUT2D eigenvalue weighted by Crippen LogP contribution is 2.35. The minimum Gasteiger partial charge on any atom is -0.490 e. The number of piperidine rings is 1. The summed E-state index contributed by atoms with van der Waals surface area (Å²) in [5.74, 6) is -2.70. The first-order valence-corrected chi connectivity index (χ1v) is 7.85. The molecule has 2 aliphatic rings. The molecule has 2 fully saturated rings. The quantitative estimate of drug-likeness (QED) is 0.804. The first kappa shape index (κ1) is 17.6. The van der Waals surface area contributed by atoms with Gasteiger partial charge in [0.15, 0.2) is 0 Å². The first-order valence-electron chi connectivity index (χ1n) is 7.47. The second kappa shape index (κ2) is 7.66. The highest BCUT2D eigenvalue weighted by molar-refractivity contribution is 6.30. The molecule has 0 spiro atoms. The van der Waals surface area contributed by atoms with E-state index in [0.29, 0.717) is 6.10 Å². The molecule has 0 aromatic heterocycles. The minimum atomic E-state index is -1.82. The van der Waals surface area contributed by atoms with Gasteiger partial charge in [-0.15, -0.1) is 0 Å². The third-order valence-electron chi connectivity index (χ3n) is 4.35. The van der Waals surface area contributed by atoms with E-state index in [1.807, 2.05) is 24.3 Å². The molecule has 3 rings (SSSR count). The fourth-order valence-corrected chi connectivity index (χ4v) is 3.29. The summed E-state index contributed by atoms with van der Waals surface area (Å²) in [7, 11) is 2.25. The van der Waals surface area contributed by atoms with Crippen LogP contribution in [0, 0.1) is 0 Å². The summed E-state index contributed by atoms with van der Waals surface area (Å²) in [6.07, 6.45) is 5.37. The number of halogens is 1. The second-order valence-electron chi connectivity index (χ2n) is 5.83. The molecule has 2 saturated heterocycles. The Balaban J connectivity index is 0.000000277. The normalized spacial score (nSPS) is 26.1. The molecule has 1 aromatic rings. The number of benzene rings is 1. The number of nitrogens with zero attached hydrogens (tertiary/aromatic N) is 1. The van der Waals surface area contributed by atoms with E-state index in [9.17, 15) is 0 Å². The monoisotopic (exact) mass is 341 g/mol. The molecule has 0 aliphatic carbocycles. The van der Waals surface area contributed by atoms with Crippen molar-refractivity contribution >= 4 is 23.5 Å². The molecule has 3 atom stereocenters. The number of ether oxygens (including phenoxy) is 1. The molecule has 2 N–H and O–H groups in total. The Bertz CT molecular complexity index is 536. The zero-order chi connectivity index (χ0) is 17.0. The maximum absolute atomic E-state index is 9.10. The predicted molar refractivity (Wildman–Crippen MR) is 84.9 cm³/mol. The van der Waals surface area contributed by atoms with Crippen LogP contribution < -0.4 is 4.74 Å². The Morgan fingerprint density at radius 2 is 1.57 bits per heavy atom. The Morgan fingerprint density at radius 1 is 1.09 bits per heavy atom. The van der Waals surface area contributed by atoms with Gasteiger partial charge in [0.1, 0.15) is 11.9 Å². The maximum atomic E-state index is 9.10. The molecular weight excluding hydrogens is 322 g/mol. The SMILES string of the molecule is CN1[C@@H]2CC[C@H]1C[C@H](Oc1ccc(Cl)cc1)C2.O=C(O)C(=O)O. The molecule has 7 heteroatoms. The lowest BCUT2D eigenvalue weighted by Crippen LogP contribution is -2.43. The van der Waals surface area contributed by atoms with Crippen molar-refractivity contribution in [1.29, 1.82) is 0 Å². The third kappa shape index (κ3) is 4.84. The fraction of sp³-hybridized carbons (Fsp3) is 0.500. The largest absolute Gasteiger partial charge is 0.490 e. The number of carboxylic acids is 2. The summed E-state index contributed by atoms with van der Waals surface area (Å²) in [5.41, 5.74) is 0. The molecule has 0 unspecified atom stereocenters. The molecule has 6 nitrogen and oxygen atoms in total. The van der Waals surface area contributed by atoms with Gasteiger partial charge in [0.25, 0.3) is 0 Å². The lowest BCUT2D eigenvalue weighted by atomic mass is 10.0. The van der Waals surface area contributed by atoms with Crippen LogP contribution in [-0.2, 0) is 9.59 Å². The number of aliphatic carboxylic acids is 2. The summed E-state index contributed by atoms with van der Waals surface area (Å²) in [5, 5.41) is 15.5. The first-order chi connectivity index (χ1) is 10.9. The Hall–Kier alpha value is -1.79. The van der Waals surface area contributed by atoms with Gasteiger partial charge in [0, 0.05) is 17.1 Å². The van der Waals surface area contributed by atoms with Crippen molar-refractivity contribution < 1.29 is 24.5 Å². The van der Waals surface area contributed by atoms with Crippen LogP contribution in [0.2, 0.25) is 5.02 Å². The molecular formula is C16H20ClNO5. The summed E-state index contributed by atoms with van der Waals surface area (Å²) in [6, 6.07) is 9.16. The van der Waals surface area contributed by atoms with Crippen molar-refractivity contribution in [1.82, 2.24) is 4.90 Å². The Kier molecular flexibility index (Phi) is 5.85. The topological polar surface area (TPSA) is 87.1 Å². The lowest BCUT2D eigenvalue weighted by molar-refractivity contribution is -0.159. The lowest BCUT2D eigenvalue weighted by Gasteiger charge is -2.36. The van der Waals surface area contributed by atoms with Crippen molar-refractivity contribution in [2.75, 3.05) is 7.05 Å². The van der Waals surface area contributed by atoms with Crippen molar-refractivity contribution in [3.63, 3.8) is 0 Å². The predicted octanol–water partition coefficient (Wildman–Crippen LogP) is 2.50. The van der Waals surface area contributed by atoms with E-state index in [2.05, 4.69) is 11.9 Å². The van der Waals surface area contributed by atoms with Gasteiger partial charge in [-0.3, -0.25) is 0 Å². The molecule has 2 bridgehead atoms. The zero-order valence-electron chi connectivity index (χ0n) is 12.8. The van der Waals surface area contributed by atoms with E-state index in [4.69, 9.17) is 36.1 Å². The number of carbonyl (C=O) groups is 2. The second-order valence-corrected chi connectivity index (χ2v) is 6.26. The van der Waals surface area contributed by atoms with Crippen LogP contribution in [0.3, 0.4) is 0 Å². The maximum Gasteiger partial charge on any atom is 0.414 e. The van der Waals surface area contributed by atoms with Crippen molar-refractivity contribution in [2.45, 2.75) is 43.9 Å². The Labute approximate surface area is 139 Å². The fourth-order valence-electron chi connectivity index (χ4n) is 3.16. The van der Waals surface area contributed by atoms with E-state index in [-0.39, 0.29) is 0 Å². The van der Waals surface area contributed by atoms with E-state index in [0.717, 1.165) is 35.7 Å². The highest BCUT2D eigenvalue weighted by Gasteiger charge is 2.39. The average molecular weight is 342 g/mol. The minimum absolute atomic E-state index is 0.380. The highest BCUT2D eigenvalue weighted by atomic mass is 35.5. The van der Waals surface area contributed by atoms with E-state index in [1.165, 1.54) is 12.8 Å². The summed E-state index contributed by atoms with van der Waals surface area (Å²) in [6.45, 7) is 0. The van der Waals surface area contributed by atoms with E-state index in [1.54, 1.807) is 0 Å². The molecule has 126 valence electrons. The van der Waals surface area contributed by atoms with Crippen LogP contribution in [0.1, 0.15) is 25.7 Å². The van der Waals surface area contributed by atoms with Gasteiger partial charge in [0.2, 0.25) is 0 Å². The van der Waals surface area contributed by atoms with Crippen LogP contribution in [0.15, 0.2) is 24.3 Å². The van der Waals surface area contributed by atoms with Crippen LogP contribution >= 0.6 is 11.6 Å². The Morgan fingerprint density at radius 3 is 2.00 bits per heavy atom. The molecule has 0 saturated carbocycles. The molecule has 0 radical (unpaired) electrons. The van der Waals surface area contributed by atoms with Gasteiger partial charge in [-0.25, -0.2) is 9.59 Å².